The zero-order valence-electron chi connectivity index (χ0n) is 10.2. The van der Waals surface area contributed by atoms with Gasteiger partial charge in [-0.2, -0.15) is 0 Å². The van der Waals surface area contributed by atoms with Crippen LogP contribution in [-0.4, -0.2) is 23.0 Å². The molecule has 1 aliphatic carbocycles. The van der Waals surface area contributed by atoms with Gasteiger partial charge in [-0.1, -0.05) is 0 Å². The summed E-state index contributed by atoms with van der Waals surface area (Å²) < 4.78 is 13.1. The van der Waals surface area contributed by atoms with Crippen LogP contribution in [0.1, 0.15) is 29.6 Å². The first-order chi connectivity index (χ1) is 8.97. The summed E-state index contributed by atoms with van der Waals surface area (Å²) in [7, 11) is 0. The lowest BCUT2D eigenvalue weighted by Gasteiger charge is -2.16. The molecule has 0 spiro atoms. The summed E-state index contributed by atoms with van der Waals surface area (Å²) in [5.74, 6) is -1.87. The van der Waals surface area contributed by atoms with Crippen molar-refractivity contribution in [3.63, 3.8) is 0 Å². The Labute approximate surface area is 109 Å². The summed E-state index contributed by atoms with van der Waals surface area (Å²) in [5, 5.41) is 11.4. The number of amides is 1. The molecule has 6 heteroatoms. The van der Waals surface area contributed by atoms with E-state index in [2.05, 4.69) is 5.32 Å². The highest BCUT2D eigenvalue weighted by Crippen LogP contribution is 2.34. The Kier molecular flexibility index (Phi) is 3.69. The quantitative estimate of drug-likeness (QED) is 0.702. The highest BCUT2D eigenvalue weighted by atomic mass is 19.1. The second-order valence-electron chi connectivity index (χ2n) is 4.75. The molecule has 5 nitrogen and oxygen atoms in total. The Bertz CT molecular complexity index is 515. The van der Waals surface area contributed by atoms with E-state index in [0.29, 0.717) is 0 Å². The summed E-state index contributed by atoms with van der Waals surface area (Å²) in [5.41, 5.74) is 5.82. The Hall–Kier alpha value is -2.11. The average Bonchev–Trinajstić information content (AvgIpc) is 3.14. The molecule has 0 aliphatic heterocycles. The van der Waals surface area contributed by atoms with Crippen molar-refractivity contribution in [1.82, 2.24) is 5.32 Å². The predicted molar refractivity (Wildman–Crippen MR) is 67.0 cm³/mol. The standard InChI is InChI=1S/C13H15FN2O3/c14-8-3-4-10(15)9(5-8)13(19)16-11(6-12(17)18)7-1-2-7/h3-5,7,11H,1-2,6,15H2,(H,16,19)(H,17,18). The number of carboxylic acids is 1. The molecule has 1 aromatic rings. The molecule has 19 heavy (non-hydrogen) atoms. The third-order valence-corrected chi connectivity index (χ3v) is 3.16. The number of aliphatic carboxylic acids is 1. The molecule has 1 aromatic carbocycles. The van der Waals surface area contributed by atoms with E-state index in [1.165, 1.54) is 12.1 Å². The van der Waals surface area contributed by atoms with Gasteiger partial charge in [0.2, 0.25) is 0 Å². The number of carboxylic acid groups (broad SMARTS) is 1. The molecular weight excluding hydrogens is 251 g/mol. The lowest BCUT2D eigenvalue weighted by atomic mass is 10.1. The molecule has 1 amide bonds. The van der Waals surface area contributed by atoms with E-state index in [4.69, 9.17) is 10.8 Å². The Morgan fingerprint density at radius 2 is 2.16 bits per heavy atom. The monoisotopic (exact) mass is 266 g/mol. The molecule has 4 N–H and O–H groups in total. The number of rotatable bonds is 5. The van der Waals surface area contributed by atoms with Crippen molar-refractivity contribution < 1.29 is 19.1 Å². The molecule has 2 rings (SSSR count). The number of halogens is 1. The van der Waals surface area contributed by atoms with E-state index >= 15 is 0 Å². The first-order valence-corrected chi connectivity index (χ1v) is 6.05. The molecule has 0 bridgehead atoms. The van der Waals surface area contributed by atoms with Crippen LogP contribution in [0.25, 0.3) is 0 Å². The highest BCUT2D eigenvalue weighted by Gasteiger charge is 2.34. The van der Waals surface area contributed by atoms with E-state index in [0.717, 1.165) is 18.9 Å². The summed E-state index contributed by atoms with van der Waals surface area (Å²) in [6.45, 7) is 0. The second-order valence-corrected chi connectivity index (χ2v) is 4.75. The van der Waals surface area contributed by atoms with Crippen molar-refractivity contribution in [2.45, 2.75) is 25.3 Å². The third kappa shape index (κ3) is 3.43. The van der Waals surface area contributed by atoms with Gasteiger partial charge in [-0.3, -0.25) is 9.59 Å². The summed E-state index contributed by atoms with van der Waals surface area (Å²) >= 11 is 0. The number of carbonyl (C=O) groups is 2. The lowest BCUT2D eigenvalue weighted by Crippen LogP contribution is -2.38. The first-order valence-electron chi connectivity index (χ1n) is 6.05. The van der Waals surface area contributed by atoms with Crippen molar-refractivity contribution in [2.75, 3.05) is 5.73 Å². The number of hydrogen-bond donors (Lipinski definition) is 3. The van der Waals surface area contributed by atoms with E-state index in [-0.39, 0.29) is 23.6 Å². The largest absolute Gasteiger partial charge is 0.481 e. The highest BCUT2D eigenvalue weighted by molar-refractivity contribution is 5.99. The zero-order valence-corrected chi connectivity index (χ0v) is 10.2. The Balaban J connectivity index is 2.10. The fraction of sp³-hybridized carbons (Fsp3) is 0.385. The van der Waals surface area contributed by atoms with Gasteiger partial charge in [0.05, 0.1) is 12.0 Å². The normalized spacial score (nSPS) is 15.8. The molecule has 1 aliphatic rings. The Morgan fingerprint density at radius 3 is 2.74 bits per heavy atom. The number of nitrogens with one attached hydrogen (secondary N) is 1. The molecule has 0 radical (unpaired) electrons. The van der Waals surface area contributed by atoms with Crippen molar-refractivity contribution >= 4 is 17.6 Å². The van der Waals surface area contributed by atoms with Crippen LogP contribution in [0.15, 0.2) is 18.2 Å². The van der Waals surface area contributed by atoms with Crippen LogP contribution in [-0.2, 0) is 4.79 Å². The van der Waals surface area contributed by atoms with Gasteiger partial charge in [-0.25, -0.2) is 4.39 Å². The Morgan fingerprint density at radius 1 is 1.47 bits per heavy atom. The minimum atomic E-state index is -0.968. The van der Waals surface area contributed by atoms with Crippen molar-refractivity contribution in [1.29, 1.82) is 0 Å². The van der Waals surface area contributed by atoms with Gasteiger partial charge in [0.15, 0.2) is 0 Å². The SMILES string of the molecule is Nc1ccc(F)cc1C(=O)NC(CC(=O)O)C1CC1. The molecule has 1 fully saturated rings. The smallest absolute Gasteiger partial charge is 0.305 e. The zero-order chi connectivity index (χ0) is 14.0. The molecule has 1 unspecified atom stereocenters. The van der Waals surface area contributed by atoms with Gasteiger partial charge in [0.1, 0.15) is 5.82 Å². The second kappa shape index (κ2) is 5.26. The van der Waals surface area contributed by atoms with Gasteiger partial charge in [-0.05, 0) is 37.0 Å². The summed E-state index contributed by atoms with van der Waals surface area (Å²) in [6.07, 6.45) is 1.67. The van der Waals surface area contributed by atoms with Crippen LogP contribution in [0.3, 0.4) is 0 Å². The fourth-order valence-electron chi connectivity index (χ4n) is 1.99. The van der Waals surface area contributed by atoms with Crippen LogP contribution >= 0.6 is 0 Å². The predicted octanol–water partition coefficient (Wildman–Crippen LogP) is 1.39. The van der Waals surface area contributed by atoms with Gasteiger partial charge in [0, 0.05) is 11.7 Å². The van der Waals surface area contributed by atoms with E-state index in [1.54, 1.807) is 0 Å². The molecule has 1 atom stereocenters. The van der Waals surface area contributed by atoms with Crippen LogP contribution in [0.2, 0.25) is 0 Å². The van der Waals surface area contributed by atoms with Crippen LogP contribution in [0, 0.1) is 11.7 Å². The van der Waals surface area contributed by atoms with Gasteiger partial charge in [0.25, 0.3) is 5.91 Å². The summed E-state index contributed by atoms with van der Waals surface area (Å²) in [4.78, 5) is 22.7. The molecular formula is C13H15FN2O3. The minimum absolute atomic E-state index is 0.0380. The van der Waals surface area contributed by atoms with Crippen molar-refractivity contribution in [2.24, 2.45) is 5.92 Å². The summed E-state index contributed by atoms with van der Waals surface area (Å²) in [6, 6.07) is 3.11. The van der Waals surface area contributed by atoms with Crippen LogP contribution < -0.4 is 11.1 Å². The molecule has 0 heterocycles. The maximum Gasteiger partial charge on any atom is 0.305 e. The molecule has 1 saturated carbocycles. The number of nitrogens with two attached hydrogens (primary N) is 1. The number of anilines is 1. The van der Waals surface area contributed by atoms with Crippen molar-refractivity contribution in [3.8, 4) is 0 Å². The number of carbonyl (C=O) groups excluding carboxylic acids is 1. The third-order valence-electron chi connectivity index (χ3n) is 3.16. The molecule has 0 saturated heterocycles. The first kappa shape index (κ1) is 13.3. The van der Waals surface area contributed by atoms with Gasteiger partial charge < -0.3 is 16.2 Å². The topological polar surface area (TPSA) is 92.4 Å². The lowest BCUT2D eigenvalue weighted by molar-refractivity contribution is -0.137. The molecule has 102 valence electrons. The fourth-order valence-corrected chi connectivity index (χ4v) is 1.99. The number of nitrogen functional groups attached to an aromatic ring is 1. The molecule has 0 aromatic heterocycles. The number of benzene rings is 1. The van der Waals surface area contributed by atoms with Crippen LogP contribution in [0.5, 0.6) is 0 Å². The van der Waals surface area contributed by atoms with Gasteiger partial charge in [-0.15, -0.1) is 0 Å². The van der Waals surface area contributed by atoms with E-state index in [1.807, 2.05) is 0 Å². The van der Waals surface area contributed by atoms with E-state index in [9.17, 15) is 14.0 Å². The maximum absolute atomic E-state index is 13.1. The van der Waals surface area contributed by atoms with E-state index < -0.39 is 23.7 Å². The average molecular weight is 266 g/mol. The number of hydrogen-bond acceptors (Lipinski definition) is 3. The minimum Gasteiger partial charge on any atom is -0.481 e. The van der Waals surface area contributed by atoms with Crippen LogP contribution in [0.4, 0.5) is 10.1 Å². The van der Waals surface area contributed by atoms with Crippen molar-refractivity contribution in [3.05, 3.63) is 29.6 Å². The maximum atomic E-state index is 13.1. The van der Waals surface area contributed by atoms with Gasteiger partial charge >= 0.3 is 5.97 Å².